The van der Waals surface area contributed by atoms with E-state index in [2.05, 4.69) is 30.6 Å². The van der Waals surface area contributed by atoms with Gasteiger partial charge in [-0.05, 0) is 30.9 Å². The fraction of sp³-hybridized carbons (Fsp3) is 0.667. The number of aliphatic hydroxyl groups is 1. The zero-order chi connectivity index (χ0) is 11.6. The molecule has 2 heterocycles. The molecule has 0 bridgehead atoms. The molecule has 90 valence electrons. The first-order chi connectivity index (χ1) is 7.61. The minimum atomic E-state index is -0.667. The van der Waals surface area contributed by atoms with Crippen molar-refractivity contribution in [1.82, 2.24) is 5.32 Å². The molecule has 0 aromatic carbocycles. The lowest BCUT2D eigenvalue weighted by Crippen LogP contribution is -2.41. The molecule has 1 saturated heterocycles. The zero-order valence-electron chi connectivity index (χ0n) is 9.82. The molecule has 2 rings (SSSR count). The van der Waals surface area contributed by atoms with Crippen molar-refractivity contribution in [1.29, 1.82) is 0 Å². The van der Waals surface area contributed by atoms with Gasteiger partial charge in [-0.2, -0.15) is 0 Å². The van der Waals surface area contributed by atoms with Crippen LogP contribution in [0.5, 0.6) is 0 Å². The van der Waals surface area contributed by atoms with Crippen LogP contribution in [0.15, 0.2) is 11.4 Å². The van der Waals surface area contributed by atoms with Gasteiger partial charge in [0, 0.05) is 30.5 Å². The zero-order valence-corrected chi connectivity index (χ0v) is 10.6. The maximum absolute atomic E-state index is 10.1. The van der Waals surface area contributed by atoms with Crippen LogP contribution in [0.4, 0.5) is 0 Å². The molecule has 2 N–H and O–H groups in total. The fourth-order valence-electron chi connectivity index (χ4n) is 2.00. The van der Waals surface area contributed by atoms with Gasteiger partial charge in [0.25, 0.3) is 0 Å². The number of aryl methyl sites for hydroxylation is 1. The normalized spacial score (nSPS) is 27.2. The summed E-state index contributed by atoms with van der Waals surface area (Å²) in [5.41, 5.74) is 0.652. The van der Waals surface area contributed by atoms with Crippen LogP contribution in [0.25, 0.3) is 0 Å². The van der Waals surface area contributed by atoms with Gasteiger partial charge in [-0.15, -0.1) is 11.3 Å². The molecule has 16 heavy (non-hydrogen) atoms. The summed E-state index contributed by atoms with van der Waals surface area (Å²) < 4.78 is 5.22. The molecule has 0 spiro atoms. The van der Waals surface area contributed by atoms with Gasteiger partial charge in [0.05, 0.1) is 6.61 Å². The summed E-state index contributed by atoms with van der Waals surface area (Å²) >= 11 is 1.76. The summed E-state index contributed by atoms with van der Waals surface area (Å²) in [4.78, 5) is 1.35. The van der Waals surface area contributed by atoms with E-state index in [9.17, 15) is 5.11 Å². The third kappa shape index (κ3) is 2.63. The van der Waals surface area contributed by atoms with Crippen LogP contribution in [0.3, 0.4) is 0 Å². The molecule has 0 aliphatic carbocycles. The van der Waals surface area contributed by atoms with Crippen molar-refractivity contribution in [2.45, 2.75) is 31.9 Å². The molecular weight excluding hydrogens is 222 g/mol. The Morgan fingerprint density at radius 1 is 1.69 bits per heavy atom. The average Bonchev–Trinajstić information content (AvgIpc) is 2.85. The third-order valence-corrected chi connectivity index (χ3v) is 4.32. The molecule has 2 unspecified atom stereocenters. The summed E-state index contributed by atoms with van der Waals surface area (Å²) in [6.07, 6.45) is 0.732. The Balaban J connectivity index is 1.88. The monoisotopic (exact) mass is 241 g/mol. The van der Waals surface area contributed by atoms with Crippen molar-refractivity contribution < 1.29 is 9.84 Å². The van der Waals surface area contributed by atoms with E-state index in [-0.39, 0.29) is 0 Å². The minimum absolute atomic E-state index is 0.296. The second-order valence-corrected chi connectivity index (χ2v) is 5.55. The number of nitrogens with one attached hydrogen (secondary N) is 1. The van der Waals surface area contributed by atoms with Gasteiger partial charge in [-0.25, -0.2) is 0 Å². The van der Waals surface area contributed by atoms with Crippen LogP contribution >= 0.6 is 11.3 Å². The topological polar surface area (TPSA) is 41.5 Å². The summed E-state index contributed by atoms with van der Waals surface area (Å²) in [5.74, 6) is 0. The molecule has 1 aromatic rings. The van der Waals surface area contributed by atoms with Crippen LogP contribution in [0.1, 0.15) is 29.8 Å². The van der Waals surface area contributed by atoms with Gasteiger partial charge < -0.3 is 15.2 Å². The van der Waals surface area contributed by atoms with E-state index in [0.717, 1.165) is 6.42 Å². The van der Waals surface area contributed by atoms with Crippen LogP contribution < -0.4 is 5.32 Å². The molecule has 0 radical (unpaired) electrons. The lowest BCUT2D eigenvalue weighted by molar-refractivity contribution is 0.0252. The summed E-state index contributed by atoms with van der Waals surface area (Å²) in [6.45, 7) is 5.99. The predicted octanol–water partition coefficient (Wildman–Crippen LogP) is 1.86. The molecule has 1 fully saturated rings. The Labute approximate surface area is 100 Å². The van der Waals surface area contributed by atoms with Crippen LogP contribution in [0, 0.1) is 6.92 Å². The Hall–Kier alpha value is -0.420. The van der Waals surface area contributed by atoms with E-state index in [0.29, 0.717) is 25.8 Å². The molecule has 3 nitrogen and oxygen atoms in total. The summed E-state index contributed by atoms with van der Waals surface area (Å²) in [7, 11) is 0. The summed E-state index contributed by atoms with van der Waals surface area (Å²) in [6, 6.07) is 2.43. The SMILES string of the molecule is Cc1ccsc1C(C)NCC1(O)CCOC1. The highest BCUT2D eigenvalue weighted by molar-refractivity contribution is 7.10. The Bertz CT molecular complexity index is 345. The maximum atomic E-state index is 10.1. The average molecular weight is 241 g/mol. The standard InChI is InChI=1S/C12H19NO2S/c1-9-3-6-16-11(9)10(2)13-7-12(14)4-5-15-8-12/h3,6,10,13-14H,4-5,7-8H2,1-2H3. The van der Waals surface area contributed by atoms with Crippen molar-refractivity contribution in [3.63, 3.8) is 0 Å². The molecular formula is C12H19NO2S. The highest BCUT2D eigenvalue weighted by Gasteiger charge is 2.32. The fourth-order valence-corrected chi connectivity index (χ4v) is 2.96. The number of hydrogen-bond donors (Lipinski definition) is 2. The number of rotatable bonds is 4. The van der Waals surface area contributed by atoms with E-state index in [4.69, 9.17) is 4.74 Å². The van der Waals surface area contributed by atoms with Crippen LogP contribution in [-0.2, 0) is 4.74 Å². The van der Waals surface area contributed by atoms with Gasteiger partial charge in [-0.3, -0.25) is 0 Å². The highest BCUT2D eigenvalue weighted by atomic mass is 32.1. The van der Waals surface area contributed by atoms with Crippen molar-refractivity contribution in [3.8, 4) is 0 Å². The quantitative estimate of drug-likeness (QED) is 0.845. The van der Waals surface area contributed by atoms with E-state index >= 15 is 0 Å². The maximum Gasteiger partial charge on any atom is 0.103 e. The van der Waals surface area contributed by atoms with Gasteiger partial charge in [0.1, 0.15) is 5.60 Å². The van der Waals surface area contributed by atoms with Gasteiger partial charge in [0.2, 0.25) is 0 Å². The first-order valence-electron chi connectivity index (χ1n) is 5.68. The second-order valence-electron chi connectivity index (χ2n) is 4.60. The van der Waals surface area contributed by atoms with Gasteiger partial charge in [-0.1, -0.05) is 0 Å². The third-order valence-electron chi connectivity index (χ3n) is 3.11. The number of hydrogen-bond acceptors (Lipinski definition) is 4. The lowest BCUT2D eigenvalue weighted by atomic mass is 10.0. The lowest BCUT2D eigenvalue weighted by Gasteiger charge is -2.23. The van der Waals surface area contributed by atoms with Crippen molar-refractivity contribution >= 4 is 11.3 Å². The van der Waals surface area contributed by atoms with E-state index in [1.807, 2.05) is 0 Å². The molecule has 0 amide bonds. The van der Waals surface area contributed by atoms with Crippen molar-refractivity contribution in [3.05, 3.63) is 21.9 Å². The van der Waals surface area contributed by atoms with Gasteiger partial charge in [0.15, 0.2) is 0 Å². The van der Waals surface area contributed by atoms with Crippen molar-refractivity contribution in [2.75, 3.05) is 19.8 Å². The first-order valence-corrected chi connectivity index (χ1v) is 6.56. The predicted molar refractivity (Wildman–Crippen MR) is 65.9 cm³/mol. The first kappa shape index (κ1) is 12.0. The minimum Gasteiger partial charge on any atom is -0.386 e. The molecule has 1 aliphatic heterocycles. The largest absolute Gasteiger partial charge is 0.386 e. The van der Waals surface area contributed by atoms with Crippen molar-refractivity contribution in [2.24, 2.45) is 0 Å². The molecule has 2 atom stereocenters. The van der Waals surface area contributed by atoms with E-state index in [1.54, 1.807) is 11.3 Å². The van der Waals surface area contributed by atoms with Crippen LogP contribution in [0.2, 0.25) is 0 Å². The highest BCUT2D eigenvalue weighted by Crippen LogP contribution is 2.24. The summed E-state index contributed by atoms with van der Waals surface area (Å²) in [5, 5.41) is 15.6. The van der Waals surface area contributed by atoms with Gasteiger partial charge >= 0.3 is 0 Å². The Kier molecular flexibility index (Phi) is 3.64. The van der Waals surface area contributed by atoms with E-state index < -0.39 is 5.60 Å². The Morgan fingerprint density at radius 2 is 2.50 bits per heavy atom. The number of ether oxygens (including phenoxy) is 1. The van der Waals surface area contributed by atoms with Crippen LogP contribution in [-0.4, -0.2) is 30.5 Å². The molecule has 1 aromatic heterocycles. The van der Waals surface area contributed by atoms with E-state index in [1.165, 1.54) is 10.4 Å². The smallest absolute Gasteiger partial charge is 0.103 e. The molecule has 1 aliphatic rings. The Morgan fingerprint density at radius 3 is 3.06 bits per heavy atom. The molecule has 4 heteroatoms. The second kappa shape index (κ2) is 4.84. The molecule has 0 saturated carbocycles. The number of thiophene rings is 1.